The molecule has 0 saturated carbocycles. The lowest BCUT2D eigenvalue weighted by atomic mass is 9.82. The molecule has 1 rings (SSSR count). The Morgan fingerprint density at radius 2 is 1.36 bits per heavy atom. The van der Waals surface area contributed by atoms with E-state index < -0.39 is 0 Å². The van der Waals surface area contributed by atoms with Crippen LogP contribution in [0.5, 0.6) is 0 Å². The lowest BCUT2D eigenvalue weighted by Crippen LogP contribution is -2.41. The summed E-state index contributed by atoms with van der Waals surface area (Å²) in [5.74, 6) is 0. The van der Waals surface area contributed by atoms with E-state index >= 15 is 0 Å². The van der Waals surface area contributed by atoms with Crippen LogP contribution in [-0.4, -0.2) is 24.0 Å². The number of hydrogen-bond acceptors (Lipinski definition) is 1. The van der Waals surface area contributed by atoms with E-state index in [0.29, 0.717) is 5.41 Å². The second-order valence-electron chi connectivity index (χ2n) is 4.79. The summed E-state index contributed by atoms with van der Waals surface area (Å²) >= 11 is 0. The number of piperidine rings is 1. The molecule has 0 bridgehead atoms. The van der Waals surface area contributed by atoms with Gasteiger partial charge in [0.15, 0.2) is 0 Å². The molecule has 1 saturated heterocycles. The van der Waals surface area contributed by atoms with E-state index in [1.807, 2.05) is 13.8 Å². The highest BCUT2D eigenvalue weighted by Crippen LogP contribution is 2.30. The number of hydrogen-bond donors (Lipinski definition) is 0. The molecule has 0 aromatic rings. The van der Waals surface area contributed by atoms with Crippen LogP contribution in [0.1, 0.15) is 61.8 Å². The molecule has 0 aromatic heterocycles. The first-order valence-electron chi connectivity index (χ1n) is 5.75. The maximum Gasteiger partial charge on any atom is 0.00385 e. The zero-order valence-corrected chi connectivity index (χ0v) is 10.4. The van der Waals surface area contributed by atoms with Gasteiger partial charge in [-0.25, -0.2) is 0 Å². The Balaban J connectivity index is 0. The maximum atomic E-state index is 2.57. The van der Waals surface area contributed by atoms with Crippen LogP contribution in [0.25, 0.3) is 0 Å². The molecule has 0 atom stereocenters. The average Bonchev–Trinajstić information content (AvgIpc) is 2.07. The molecular formula is C13H31N. The van der Waals surface area contributed by atoms with E-state index in [0.717, 1.165) is 6.04 Å². The van der Waals surface area contributed by atoms with Gasteiger partial charge in [-0.2, -0.15) is 0 Å². The van der Waals surface area contributed by atoms with Gasteiger partial charge in [-0.05, 0) is 45.2 Å². The summed E-state index contributed by atoms with van der Waals surface area (Å²) in [6.07, 6.45) is 2.73. The number of rotatable bonds is 1. The standard InChI is InChI=1S/C10H21N.C2H6.CH4/c1-9(2)11-7-5-10(3,4)6-8-11;1-2;/h9H,5-8H2,1-4H3;1-2H3;1H4. The van der Waals surface area contributed by atoms with Gasteiger partial charge in [0.05, 0.1) is 0 Å². The van der Waals surface area contributed by atoms with Crippen molar-refractivity contribution in [3.8, 4) is 0 Å². The molecule has 14 heavy (non-hydrogen) atoms. The van der Waals surface area contributed by atoms with Crippen LogP contribution in [0.3, 0.4) is 0 Å². The lowest BCUT2D eigenvalue weighted by Gasteiger charge is -2.38. The van der Waals surface area contributed by atoms with Crippen LogP contribution in [0.2, 0.25) is 0 Å². The van der Waals surface area contributed by atoms with Crippen molar-refractivity contribution in [1.82, 2.24) is 4.90 Å². The minimum atomic E-state index is 0. The predicted molar refractivity (Wildman–Crippen MR) is 67.8 cm³/mol. The van der Waals surface area contributed by atoms with E-state index in [9.17, 15) is 0 Å². The fraction of sp³-hybridized carbons (Fsp3) is 1.00. The Morgan fingerprint density at radius 1 is 1.00 bits per heavy atom. The summed E-state index contributed by atoms with van der Waals surface area (Å²) in [5, 5.41) is 0. The normalized spacial score (nSPS) is 20.8. The first kappa shape index (κ1) is 16.4. The van der Waals surface area contributed by atoms with E-state index in [4.69, 9.17) is 0 Å². The van der Waals surface area contributed by atoms with Gasteiger partial charge < -0.3 is 4.90 Å². The third-order valence-electron chi connectivity index (χ3n) is 2.88. The Kier molecular flexibility index (Phi) is 8.52. The van der Waals surface area contributed by atoms with Gasteiger partial charge in [0.2, 0.25) is 0 Å². The predicted octanol–water partition coefficient (Wildman–Crippen LogP) is 4.18. The van der Waals surface area contributed by atoms with Gasteiger partial charge in [0.25, 0.3) is 0 Å². The summed E-state index contributed by atoms with van der Waals surface area (Å²) in [6.45, 7) is 15.9. The molecule has 0 aromatic carbocycles. The molecule has 88 valence electrons. The number of nitrogens with zero attached hydrogens (tertiary/aromatic N) is 1. The second kappa shape index (κ2) is 7.28. The summed E-state index contributed by atoms with van der Waals surface area (Å²) in [6, 6.07) is 0.742. The van der Waals surface area contributed by atoms with Crippen molar-refractivity contribution in [2.24, 2.45) is 5.41 Å². The lowest BCUT2D eigenvalue weighted by molar-refractivity contribution is 0.107. The van der Waals surface area contributed by atoms with Crippen molar-refractivity contribution in [3.05, 3.63) is 0 Å². The maximum absolute atomic E-state index is 2.57. The van der Waals surface area contributed by atoms with Crippen molar-refractivity contribution in [2.75, 3.05) is 13.1 Å². The first-order chi connectivity index (χ1) is 6.01. The fourth-order valence-electron chi connectivity index (χ4n) is 1.65. The molecule has 0 aliphatic carbocycles. The molecule has 1 nitrogen and oxygen atoms in total. The molecule has 1 heterocycles. The highest BCUT2D eigenvalue weighted by molar-refractivity contribution is 4.79. The minimum absolute atomic E-state index is 0. The molecule has 1 aliphatic rings. The molecule has 1 fully saturated rings. The van der Waals surface area contributed by atoms with Gasteiger partial charge in [0.1, 0.15) is 0 Å². The summed E-state index contributed by atoms with van der Waals surface area (Å²) in [7, 11) is 0. The Morgan fingerprint density at radius 3 is 1.64 bits per heavy atom. The Bertz CT molecular complexity index is 117. The smallest absolute Gasteiger partial charge is 0.00385 e. The second-order valence-corrected chi connectivity index (χ2v) is 4.79. The van der Waals surface area contributed by atoms with Crippen molar-refractivity contribution in [2.45, 2.75) is 67.9 Å². The van der Waals surface area contributed by atoms with Crippen LogP contribution in [0, 0.1) is 5.41 Å². The topological polar surface area (TPSA) is 3.24 Å². The highest BCUT2D eigenvalue weighted by atomic mass is 15.1. The SMILES string of the molecule is C.CC.CC(C)N1CCC(C)(C)CC1. The van der Waals surface area contributed by atoms with Gasteiger partial charge in [-0.15, -0.1) is 0 Å². The van der Waals surface area contributed by atoms with Crippen LogP contribution >= 0.6 is 0 Å². The minimum Gasteiger partial charge on any atom is -0.301 e. The largest absolute Gasteiger partial charge is 0.301 e. The molecule has 0 N–H and O–H groups in total. The third-order valence-corrected chi connectivity index (χ3v) is 2.88. The van der Waals surface area contributed by atoms with E-state index in [1.54, 1.807) is 0 Å². The van der Waals surface area contributed by atoms with Crippen LogP contribution in [0.15, 0.2) is 0 Å². The molecule has 0 spiro atoms. The Labute approximate surface area is 91.9 Å². The molecule has 0 amide bonds. The Hall–Kier alpha value is -0.0400. The molecular weight excluding hydrogens is 170 g/mol. The highest BCUT2D eigenvalue weighted by Gasteiger charge is 2.25. The van der Waals surface area contributed by atoms with Gasteiger partial charge in [0, 0.05) is 6.04 Å². The third kappa shape index (κ3) is 5.64. The first-order valence-corrected chi connectivity index (χ1v) is 5.75. The van der Waals surface area contributed by atoms with Gasteiger partial charge >= 0.3 is 0 Å². The van der Waals surface area contributed by atoms with E-state index in [-0.39, 0.29) is 7.43 Å². The number of likely N-dealkylation sites (tertiary alicyclic amines) is 1. The summed E-state index contributed by atoms with van der Waals surface area (Å²) < 4.78 is 0. The zero-order valence-electron chi connectivity index (χ0n) is 10.4. The van der Waals surface area contributed by atoms with Crippen molar-refractivity contribution in [3.63, 3.8) is 0 Å². The molecule has 0 radical (unpaired) electrons. The quantitative estimate of drug-likeness (QED) is 0.615. The summed E-state index contributed by atoms with van der Waals surface area (Å²) in [5.41, 5.74) is 0.603. The monoisotopic (exact) mass is 201 g/mol. The van der Waals surface area contributed by atoms with Crippen molar-refractivity contribution >= 4 is 0 Å². The molecule has 1 aliphatic heterocycles. The van der Waals surface area contributed by atoms with E-state index in [2.05, 4.69) is 32.6 Å². The van der Waals surface area contributed by atoms with Crippen molar-refractivity contribution in [1.29, 1.82) is 0 Å². The molecule has 1 heteroatoms. The molecule has 0 unspecified atom stereocenters. The van der Waals surface area contributed by atoms with E-state index in [1.165, 1.54) is 25.9 Å². The van der Waals surface area contributed by atoms with Gasteiger partial charge in [-0.1, -0.05) is 35.1 Å². The van der Waals surface area contributed by atoms with Crippen molar-refractivity contribution < 1.29 is 0 Å². The van der Waals surface area contributed by atoms with Crippen LogP contribution in [0.4, 0.5) is 0 Å². The zero-order chi connectivity index (χ0) is 10.5. The average molecular weight is 201 g/mol. The summed E-state index contributed by atoms with van der Waals surface area (Å²) in [4.78, 5) is 2.57. The fourth-order valence-corrected chi connectivity index (χ4v) is 1.65. The van der Waals surface area contributed by atoms with Gasteiger partial charge in [-0.3, -0.25) is 0 Å². The van der Waals surface area contributed by atoms with Crippen LogP contribution < -0.4 is 0 Å². The van der Waals surface area contributed by atoms with Crippen LogP contribution in [-0.2, 0) is 0 Å².